The van der Waals surface area contributed by atoms with Gasteiger partial charge >= 0.3 is 11.7 Å². The molecule has 0 radical (unpaired) electrons. The van der Waals surface area contributed by atoms with E-state index in [-0.39, 0.29) is 34.9 Å². The molecule has 8 nitrogen and oxygen atoms in total. The van der Waals surface area contributed by atoms with E-state index in [1.54, 1.807) is 4.57 Å². The first-order valence-electron chi connectivity index (χ1n) is 8.78. The number of rotatable bonds is 5. The van der Waals surface area contributed by atoms with Crippen LogP contribution in [0.4, 0.5) is 0 Å². The summed E-state index contributed by atoms with van der Waals surface area (Å²) in [6.07, 6.45) is 0.457. The quantitative estimate of drug-likeness (QED) is 0.414. The van der Waals surface area contributed by atoms with Crippen molar-refractivity contribution in [2.45, 2.75) is 13.0 Å². The predicted molar refractivity (Wildman–Crippen MR) is 100 cm³/mol. The number of carbonyl (C=O) groups excluding carboxylic acids is 3. The van der Waals surface area contributed by atoms with E-state index in [0.29, 0.717) is 13.0 Å². The van der Waals surface area contributed by atoms with Gasteiger partial charge < -0.3 is 9.72 Å². The largest absolute Gasteiger partial charge is 0.462 e. The summed E-state index contributed by atoms with van der Waals surface area (Å²) in [4.78, 5) is 52.0. The zero-order valence-corrected chi connectivity index (χ0v) is 15.1. The number of imidazole rings is 1. The van der Waals surface area contributed by atoms with Crippen LogP contribution in [-0.4, -0.2) is 45.9 Å². The van der Waals surface area contributed by atoms with Gasteiger partial charge in [-0.2, -0.15) is 0 Å². The van der Waals surface area contributed by atoms with E-state index in [9.17, 15) is 19.2 Å². The molecule has 0 saturated heterocycles. The normalized spacial score (nSPS) is 13.2. The predicted octanol–water partition coefficient (Wildman–Crippen LogP) is 1.80. The van der Waals surface area contributed by atoms with E-state index in [4.69, 9.17) is 4.74 Å². The summed E-state index contributed by atoms with van der Waals surface area (Å²) < 4.78 is 6.85. The Bertz CT molecular complexity index is 1170. The zero-order chi connectivity index (χ0) is 19.8. The number of esters is 1. The number of nitrogens with one attached hydrogen (secondary N) is 1. The first-order chi connectivity index (χ1) is 13.5. The molecule has 0 atom stereocenters. The molecule has 0 aliphatic carbocycles. The SMILES string of the molecule is CN1C(=O)c2ccc(C(=O)OCCCn3c(=O)[nH]c4ccccc43)cc2C1=O. The first-order valence-corrected chi connectivity index (χ1v) is 8.78. The minimum Gasteiger partial charge on any atom is -0.462 e. The van der Waals surface area contributed by atoms with E-state index in [1.165, 1.54) is 25.2 Å². The van der Waals surface area contributed by atoms with Gasteiger partial charge in [0.15, 0.2) is 0 Å². The lowest BCUT2D eigenvalue weighted by Crippen LogP contribution is -2.24. The first kappa shape index (κ1) is 17.7. The number of aromatic amines is 1. The maximum Gasteiger partial charge on any atom is 0.338 e. The molecule has 3 aromatic rings. The molecule has 0 bridgehead atoms. The number of benzene rings is 2. The van der Waals surface area contributed by atoms with Gasteiger partial charge in [0.1, 0.15) is 0 Å². The number of carbonyl (C=O) groups is 3. The van der Waals surface area contributed by atoms with Crippen molar-refractivity contribution >= 4 is 28.8 Å². The van der Waals surface area contributed by atoms with Crippen LogP contribution in [0.25, 0.3) is 11.0 Å². The molecule has 2 aromatic carbocycles. The molecule has 2 amide bonds. The minimum absolute atomic E-state index is 0.120. The lowest BCUT2D eigenvalue weighted by Gasteiger charge is -2.07. The van der Waals surface area contributed by atoms with Gasteiger partial charge in [-0.1, -0.05) is 12.1 Å². The molecule has 8 heteroatoms. The second-order valence-corrected chi connectivity index (χ2v) is 6.52. The minimum atomic E-state index is -0.580. The van der Waals surface area contributed by atoms with Crippen LogP contribution in [0.3, 0.4) is 0 Å². The second kappa shape index (κ2) is 6.80. The number of para-hydroxylation sites is 2. The van der Waals surface area contributed by atoms with E-state index in [2.05, 4.69) is 4.98 Å². The third-order valence-corrected chi connectivity index (χ3v) is 4.77. The molecule has 1 aromatic heterocycles. The standard InChI is InChI=1S/C20H17N3O5/c1-22-17(24)13-8-7-12(11-14(13)18(22)25)19(26)28-10-4-9-23-16-6-3-2-5-15(16)21-20(23)27/h2-3,5-8,11H,4,9-10H2,1H3,(H,21,27). The fourth-order valence-electron chi connectivity index (χ4n) is 3.29. The molecule has 0 fully saturated rings. The molecule has 28 heavy (non-hydrogen) atoms. The summed E-state index contributed by atoms with van der Waals surface area (Å²) in [6.45, 7) is 0.521. The van der Waals surface area contributed by atoms with Crippen molar-refractivity contribution in [2.75, 3.05) is 13.7 Å². The van der Waals surface area contributed by atoms with Crippen LogP contribution in [-0.2, 0) is 11.3 Å². The van der Waals surface area contributed by atoms with Crippen molar-refractivity contribution < 1.29 is 19.1 Å². The third kappa shape index (κ3) is 2.88. The third-order valence-electron chi connectivity index (χ3n) is 4.77. The van der Waals surface area contributed by atoms with E-state index < -0.39 is 11.9 Å². The molecular weight excluding hydrogens is 362 g/mol. The molecule has 2 heterocycles. The number of fused-ring (bicyclic) bond motifs is 2. The number of H-pyrrole nitrogens is 1. The van der Waals surface area contributed by atoms with Gasteiger partial charge in [-0.15, -0.1) is 0 Å². The molecule has 1 N–H and O–H groups in total. The molecule has 1 aliphatic rings. The Kier molecular flexibility index (Phi) is 4.31. The number of amides is 2. The zero-order valence-electron chi connectivity index (χ0n) is 15.1. The van der Waals surface area contributed by atoms with Crippen LogP contribution in [0.2, 0.25) is 0 Å². The van der Waals surface area contributed by atoms with Gasteiger partial charge in [0, 0.05) is 13.6 Å². The average molecular weight is 379 g/mol. The lowest BCUT2D eigenvalue weighted by atomic mass is 10.1. The highest BCUT2D eigenvalue weighted by Gasteiger charge is 2.33. The summed E-state index contributed by atoms with van der Waals surface area (Å²) in [5, 5.41) is 0. The Hall–Kier alpha value is -3.68. The molecule has 4 rings (SSSR count). The molecule has 142 valence electrons. The molecule has 0 spiro atoms. The number of hydrogen-bond acceptors (Lipinski definition) is 5. The van der Waals surface area contributed by atoms with Crippen molar-refractivity contribution in [1.82, 2.24) is 14.5 Å². The van der Waals surface area contributed by atoms with Crippen LogP contribution in [0, 0.1) is 0 Å². The van der Waals surface area contributed by atoms with Crippen molar-refractivity contribution in [2.24, 2.45) is 0 Å². The molecule has 1 aliphatic heterocycles. The molecular formula is C20H17N3O5. The fourth-order valence-corrected chi connectivity index (χ4v) is 3.29. The highest BCUT2D eigenvalue weighted by Crippen LogP contribution is 2.23. The summed E-state index contributed by atoms with van der Waals surface area (Å²) in [6, 6.07) is 11.7. The van der Waals surface area contributed by atoms with Crippen LogP contribution in [0.5, 0.6) is 0 Å². The number of imide groups is 1. The number of aromatic nitrogens is 2. The number of aryl methyl sites for hydroxylation is 1. The van der Waals surface area contributed by atoms with Gasteiger partial charge in [-0.3, -0.25) is 19.1 Å². The van der Waals surface area contributed by atoms with Gasteiger partial charge in [0.2, 0.25) is 0 Å². The maximum absolute atomic E-state index is 12.2. The van der Waals surface area contributed by atoms with E-state index in [0.717, 1.165) is 15.9 Å². The van der Waals surface area contributed by atoms with Crippen LogP contribution < -0.4 is 5.69 Å². The Morgan fingerprint density at radius 2 is 1.79 bits per heavy atom. The number of nitrogens with zero attached hydrogens (tertiary/aromatic N) is 2. The lowest BCUT2D eigenvalue weighted by molar-refractivity contribution is 0.0495. The monoisotopic (exact) mass is 379 g/mol. The summed E-state index contributed by atoms with van der Waals surface area (Å²) in [7, 11) is 1.40. The van der Waals surface area contributed by atoms with Crippen molar-refractivity contribution in [3.63, 3.8) is 0 Å². The van der Waals surface area contributed by atoms with Crippen molar-refractivity contribution in [3.05, 3.63) is 69.6 Å². The Morgan fingerprint density at radius 1 is 1.04 bits per heavy atom. The topological polar surface area (TPSA) is 101 Å². The number of ether oxygens (including phenoxy) is 1. The number of hydrogen-bond donors (Lipinski definition) is 1. The fraction of sp³-hybridized carbons (Fsp3) is 0.200. The smallest absolute Gasteiger partial charge is 0.338 e. The van der Waals surface area contributed by atoms with Gasteiger partial charge in [-0.25, -0.2) is 9.59 Å². The van der Waals surface area contributed by atoms with Crippen molar-refractivity contribution in [1.29, 1.82) is 0 Å². The van der Waals surface area contributed by atoms with Gasteiger partial charge in [-0.05, 0) is 36.8 Å². The van der Waals surface area contributed by atoms with Crippen LogP contribution >= 0.6 is 0 Å². The summed E-state index contributed by atoms with van der Waals surface area (Å²) in [5.41, 5.74) is 2.03. The summed E-state index contributed by atoms with van der Waals surface area (Å²) in [5.74, 6) is -1.40. The Balaban J connectivity index is 1.39. The highest BCUT2D eigenvalue weighted by molar-refractivity contribution is 6.21. The van der Waals surface area contributed by atoms with Crippen molar-refractivity contribution in [3.8, 4) is 0 Å². The average Bonchev–Trinajstić information content (AvgIpc) is 3.13. The van der Waals surface area contributed by atoms with E-state index in [1.807, 2.05) is 24.3 Å². The van der Waals surface area contributed by atoms with E-state index >= 15 is 0 Å². The van der Waals surface area contributed by atoms with Gasteiger partial charge in [0.05, 0.1) is 34.3 Å². The molecule has 0 unspecified atom stereocenters. The van der Waals surface area contributed by atoms with Crippen LogP contribution in [0.1, 0.15) is 37.5 Å². The summed E-state index contributed by atoms with van der Waals surface area (Å²) >= 11 is 0. The Labute approximate surface area is 159 Å². The van der Waals surface area contributed by atoms with Crippen LogP contribution in [0.15, 0.2) is 47.3 Å². The van der Waals surface area contributed by atoms with Gasteiger partial charge in [0.25, 0.3) is 11.8 Å². The second-order valence-electron chi connectivity index (χ2n) is 6.52. The Morgan fingerprint density at radius 3 is 2.61 bits per heavy atom. The molecule has 0 saturated carbocycles. The highest BCUT2D eigenvalue weighted by atomic mass is 16.5. The maximum atomic E-state index is 12.2.